The number of alkyl halides is 2. The van der Waals surface area contributed by atoms with Gasteiger partial charge in [0.1, 0.15) is 40.4 Å². The van der Waals surface area contributed by atoms with Gasteiger partial charge in [-0.05, 0) is 70.0 Å². The molecule has 4 rings (SSSR count). The van der Waals surface area contributed by atoms with Gasteiger partial charge in [0.2, 0.25) is 0 Å². The molecule has 0 spiro atoms. The molecule has 0 aliphatic rings. The molecule has 2 N–H and O–H groups in total. The molecule has 0 radical (unpaired) electrons. The van der Waals surface area contributed by atoms with Crippen molar-refractivity contribution in [2.75, 3.05) is 13.2 Å². The van der Waals surface area contributed by atoms with E-state index in [1.54, 1.807) is 21.0 Å². The highest BCUT2D eigenvalue weighted by Crippen LogP contribution is 2.24. The van der Waals surface area contributed by atoms with Crippen LogP contribution in [0.5, 0.6) is 0 Å². The average molecular weight is 741 g/mol. The summed E-state index contributed by atoms with van der Waals surface area (Å²) >= 11 is 16.7. The van der Waals surface area contributed by atoms with Gasteiger partial charge in [0.05, 0.1) is 31.2 Å². The fourth-order valence-electron chi connectivity index (χ4n) is 2.77. The molecule has 0 aliphatic heterocycles. The van der Waals surface area contributed by atoms with Gasteiger partial charge in [-0.15, -0.1) is 11.6 Å². The molecule has 0 fully saturated rings. The molecule has 39 heavy (non-hydrogen) atoms. The van der Waals surface area contributed by atoms with Crippen LogP contribution in [0.15, 0.2) is 57.7 Å². The van der Waals surface area contributed by atoms with Crippen LogP contribution in [0.1, 0.15) is 17.1 Å². The highest BCUT2D eigenvalue weighted by atomic mass is 79.9. The third kappa shape index (κ3) is 11.2. The fourth-order valence-corrected chi connectivity index (χ4v) is 3.72. The molecule has 0 saturated heterocycles. The molecule has 214 valence electrons. The van der Waals surface area contributed by atoms with Crippen LogP contribution in [0.2, 0.25) is 0 Å². The quantitative estimate of drug-likeness (QED) is 0.165. The van der Waals surface area contributed by atoms with E-state index in [1.165, 1.54) is 24.3 Å². The van der Waals surface area contributed by atoms with Gasteiger partial charge in [0.25, 0.3) is 0 Å². The normalized spacial score (nSPS) is 10.6. The van der Waals surface area contributed by atoms with Crippen LogP contribution < -0.4 is 10.9 Å². The second kappa shape index (κ2) is 15.8. The van der Waals surface area contributed by atoms with Crippen LogP contribution in [-0.2, 0) is 21.0 Å². The molecule has 0 unspecified atom stereocenters. The smallest absolute Gasteiger partial charge is 0.394 e. The van der Waals surface area contributed by atoms with Crippen molar-refractivity contribution in [1.29, 1.82) is 0 Å². The molecule has 9 nitrogen and oxygen atoms in total. The van der Waals surface area contributed by atoms with Crippen LogP contribution in [0.4, 0.5) is 8.78 Å². The molecular weight excluding hydrogens is 721 g/mol. The summed E-state index contributed by atoms with van der Waals surface area (Å²) in [7, 11) is -3.12. The summed E-state index contributed by atoms with van der Waals surface area (Å²) in [6.07, 6.45) is 0. The van der Waals surface area contributed by atoms with Gasteiger partial charge in [0, 0.05) is 13.2 Å². The summed E-state index contributed by atoms with van der Waals surface area (Å²) in [4.78, 5) is 23.3. The Bertz CT molecular complexity index is 1670. The molecule has 0 bridgehead atoms. The number of hydrogen-bond donors (Lipinski definition) is 2. The number of rotatable bonds is 2. The molecule has 16 heteroatoms. The topological polar surface area (TPSA) is 144 Å². The summed E-state index contributed by atoms with van der Waals surface area (Å²) < 4.78 is 73.6. The largest absolute Gasteiger partial charge is 0.461 e. The SMILES string of the molecule is COCCl.Cc1cc(=O)c2cc(F)c(Br)cc2o1.Cc1oc2cc(Br)c(F)cc2c(=O)c1CCl.O=S(=O)(O)O. The van der Waals surface area contributed by atoms with Crippen LogP contribution >= 0.6 is 55.1 Å². The van der Waals surface area contributed by atoms with E-state index in [4.69, 9.17) is 49.6 Å². The minimum Gasteiger partial charge on any atom is -0.461 e. The predicted molar refractivity (Wildman–Crippen MR) is 151 cm³/mol. The number of ether oxygens (including phenoxy) is 1. The number of methoxy groups -OCH3 is 1. The third-order valence-corrected chi connectivity index (χ3v) is 6.07. The maximum atomic E-state index is 13.3. The molecule has 2 aromatic carbocycles. The lowest BCUT2D eigenvalue weighted by atomic mass is 10.1. The Hall–Kier alpha value is -1.91. The lowest BCUT2D eigenvalue weighted by molar-refractivity contribution is 0.254. The highest BCUT2D eigenvalue weighted by molar-refractivity contribution is 9.10. The van der Waals surface area contributed by atoms with Crippen LogP contribution in [0.3, 0.4) is 0 Å². The van der Waals surface area contributed by atoms with E-state index in [1.807, 2.05) is 0 Å². The molecule has 0 amide bonds. The van der Waals surface area contributed by atoms with E-state index in [0.29, 0.717) is 38.8 Å². The van der Waals surface area contributed by atoms with E-state index >= 15 is 0 Å². The van der Waals surface area contributed by atoms with Crippen molar-refractivity contribution in [3.8, 4) is 0 Å². The van der Waals surface area contributed by atoms with E-state index in [9.17, 15) is 18.4 Å². The Labute approximate surface area is 247 Å². The van der Waals surface area contributed by atoms with Crippen molar-refractivity contribution < 1.29 is 39.9 Å². The third-order valence-electron chi connectivity index (χ3n) is 4.37. The van der Waals surface area contributed by atoms with Crippen molar-refractivity contribution in [1.82, 2.24) is 0 Å². The number of hydrogen-bond acceptors (Lipinski definition) is 7. The first-order valence-electron chi connectivity index (χ1n) is 10.2. The van der Waals surface area contributed by atoms with Gasteiger partial charge >= 0.3 is 10.4 Å². The Morgan fingerprint density at radius 3 is 1.77 bits per heavy atom. The second-order valence-electron chi connectivity index (χ2n) is 7.19. The Balaban J connectivity index is 0.000000301. The summed E-state index contributed by atoms with van der Waals surface area (Å²) in [5.41, 5.74) is 0.610. The van der Waals surface area contributed by atoms with E-state index < -0.39 is 22.0 Å². The summed E-state index contributed by atoms with van der Waals surface area (Å²) in [5, 5.41) is 0.471. The van der Waals surface area contributed by atoms with Gasteiger partial charge in [-0.1, -0.05) is 11.6 Å². The van der Waals surface area contributed by atoms with Crippen molar-refractivity contribution in [2.45, 2.75) is 19.7 Å². The van der Waals surface area contributed by atoms with Crippen molar-refractivity contribution in [3.63, 3.8) is 0 Å². The summed E-state index contributed by atoms with van der Waals surface area (Å²) in [6, 6.07) is 6.86. The van der Waals surface area contributed by atoms with Crippen molar-refractivity contribution in [2.24, 2.45) is 0 Å². The van der Waals surface area contributed by atoms with Gasteiger partial charge in [0.15, 0.2) is 10.9 Å². The zero-order chi connectivity index (χ0) is 30.1. The first-order chi connectivity index (χ1) is 18.0. The predicted octanol–water partition coefficient (Wildman–Crippen LogP) is 6.92. The van der Waals surface area contributed by atoms with Crippen molar-refractivity contribution in [3.05, 3.63) is 88.4 Å². The minimum atomic E-state index is -4.67. The minimum absolute atomic E-state index is 0.0573. The maximum Gasteiger partial charge on any atom is 0.394 e. The van der Waals surface area contributed by atoms with Crippen molar-refractivity contribution >= 4 is 87.4 Å². The van der Waals surface area contributed by atoms with Gasteiger partial charge in [-0.25, -0.2) is 8.78 Å². The maximum absolute atomic E-state index is 13.3. The average Bonchev–Trinajstić information content (AvgIpc) is 2.82. The monoisotopic (exact) mass is 738 g/mol. The lowest BCUT2D eigenvalue weighted by Gasteiger charge is -2.04. The van der Waals surface area contributed by atoms with Gasteiger partial charge < -0.3 is 13.6 Å². The molecule has 4 aromatic rings. The van der Waals surface area contributed by atoms with Crippen LogP contribution in [0, 0.1) is 25.5 Å². The molecule has 0 aliphatic carbocycles. The molecule has 0 atom stereocenters. The Morgan fingerprint density at radius 2 is 1.33 bits per heavy atom. The molecule has 2 aromatic heterocycles. The fraction of sp³-hybridized carbons (Fsp3) is 0.217. The highest BCUT2D eigenvalue weighted by Gasteiger charge is 2.13. The number of fused-ring (bicyclic) bond motifs is 2. The number of benzene rings is 2. The second-order valence-corrected chi connectivity index (χ2v) is 10.3. The van der Waals surface area contributed by atoms with Crippen LogP contribution in [-0.4, -0.2) is 30.7 Å². The lowest BCUT2D eigenvalue weighted by Crippen LogP contribution is -2.10. The van der Waals surface area contributed by atoms with E-state index in [-0.39, 0.29) is 32.0 Å². The molecular formula is C23H20Br2Cl2F2O9S. The molecule has 2 heterocycles. The Morgan fingerprint density at radius 1 is 0.897 bits per heavy atom. The van der Waals surface area contributed by atoms with Gasteiger partial charge in [-0.3, -0.25) is 18.7 Å². The number of halogens is 6. The van der Waals surface area contributed by atoms with Gasteiger partial charge in [-0.2, -0.15) is 8.42 Å². The van der Waals surface area contributed by atoms with Crippen LogP contribution in [0.25, 0.3) is 21.9 Å². The first-order valence-corrected chi connectivity index (χ1v) is 14.2. The summed E-state index contributed by atoms with van der Waals surface area (Å²) in [6.45, 7) is 3.34. The van der Waals surface area contributed by atoms with E-state index in [0.717, 1.165) is 6.07 Å². The molecule has 0 saturated carbocycles. The Kier molecular flexibility index (Phi) is 14.2. The zero-order valence-corrected chi connectivity index (χ0v) is 25.7. The summed E-state index contributed by atoms with van der Waals surface area (Å²) in [5.74, 6) is 0.0757. The number of aryl methyl sites for hydroxylation is 2. The zero-order valence-electron chi connectivity index (χ0n) is 20.2. The van der Waals surface area contributed by atoms with E-state index in [2.05, 4.69) is 36.6 Å². The first kappa shape index (κ1) is 35.1. The standard InChI is InChI=1S/C11H7BrClFO2.C10H6BrFO2.C2H5ClO.H2O4S/c1-5-7(4-13)11(15)6-2-9(14)8(12)3-10(6)16-5;1-5-2-9(13)6-3-8(12)7(11)4-10(6)14-5;1-4-2-3;1-5(2,3)4/h2-3H,4H2,1H3;2-4H,1H3;2H2,1H3;(H2,1,2,3,4).